The minimum atomic E-state index is -0.377. The Bertz CT molecular complexity index is 1350. The molecule has 2 saturated heterocycles. The molecule has 2 aliphatic heterocycles. The number of urea groups is 1. The Kier molecular flexibility index (Phi) is 8.79. The highest BCUT2D eigenvalue weighted by atomic mass is 16.5. The monoisotopic (exact) mass is 632 g/mol. The van der Waals surface area contributed by atoms with E-state index in [0.717, 1.165) is 106 Å². The number of nitrogens with one attached hydrogen (secondary N) is 1. The number of hydrogen-bond donors (Lipinski definition) is 2. The Morgan fingerprint density at radius 1 is 0.935 bits per heavy atom. The number of piperidine rings is 2. The number of aliphatic hydroxyl groups is 1. The molecule has 252 valence electrons. The molecule has 6 fully saturated rings. The summed E-state index contributed by atoms with van der Waals surface area (Å²) in [4.78, 5) is 37.3. The average Bonchev–Trinajstić information content (AvgIpc) is 3.53. The zero-order chi connectivity index (χ0) is 32.1. The van der Waals surface area contributed by atoms with E-state index in [-0.39, 0.29) is 29.5 Å². The van der Waals surface area contributed by atoms with Crippen molar-refractivity contribution in [2.75, 3.05) is 45.9 Å². The van der Waals surface area contributed by atoms with Crippen molar-refractivity contribution < 1.29 is 19.4 Å². The van der Waals surface area contributed by atoms with E-state index in [1.54, 1.807) is 0 Å². The van der Waals surface area contributed by atoms with Gasteiger partial charge in [-0.05, 0) is 133 Å². The zero-order valence-corrected chi connectivity index (χ0v) is 28.4. The van der Waals surface area contributed by atoms with Crippen LogP contribution in [0.15, 0.2) is 30.5 Å². The second-order valence-corrected chi connectivity index (χ2v) is 16.8. The van der Waals surface area contributed by atoms with E-state index >= 15 is 0 Å². The third-order valence-corrected chi connectivity index (χ3v) is 12.6. The number of aromatic amines is 1. The molecule has 1 atom stereocenters. The fourth-order valence-electron chi connectivity index (χ4n) is 10.5. The fraction of sp³-hybridized carbons (Fsp3) is 0.737. The molecule has 4 aliphatic carbocycles. The number of ether oxygens (including phenoxy) is 1. The molecule has 4 saturated carbocycles. The Hall–Kier alpha value is -2.74. The van der Waals surface area contributed by atoms with E-state index in [1.165, 1.54) is 19.3 Å². The van der Waals surface area contributed by atoms with E-state index in [0.29, 0.717) is 30.9 Å². The molecule has 46 heavy (non-hydrogen) atoms. The molecule has 0 radical (unpaired) electrons. The lowest BCUT2D eigenvalue weighted by Crippen LogP contribution is -2.56. The van der Waals surface area contributed by atoms with Gasteiger partial charge in [-0.25, -0.2) is 4.79 Å². The van der Waals surface area contributed by atoms with Crippen LogP contribution < -0.4 is 4.74 Å². The molecule has 8 nitrogen and oxygen atoms in total. The quantitative estimate of drug-likeness (QED) is 0.346. The molecule has 3 amide bonds. The summed E-state index contributed by atoms with van der Waals surface area (Å²) in [5.74, 6) is 4.79. The summed E-state index contributed by atoms with van der Waals surface area (Å²) in [6.07, 6.45) is 13.8. The first-order valence-corrected chi connectivity index (χ1v) is 18.3. The van der Waals surface area contributed by atoms with Crippen molar-refractivity contribution in [3.05, 3.63) is 30.5 Å². The van der Waals surface area contributed by atoms with Crippen molar-refractivity contribution in [3.8, 4) is 5.75 Å². The van der Waals surface area contributed by atoms with Gasteiger partial charge in [0, 0.05) is 61.3 Å². The van der Waals surface area contributed by atoms with Gasteiger partial charge in [-0.15, -0.1) is 0 Å². The number of rotatable bonds is 8. The van der Waals surface area contributed by atoms with Crippen molar-refractivity contribution >= 4 is 22.8 Å². The van der Waals surface area contributed by atoms with E-state index in [4.69, 9.17) is 4.74 Å². The van der Waals surface area contributed by atoms with E-state index in [2.05, 4.69) is 30.7 Å². The minimum absolute atomic E-state index is 0.0241. The van der Waals surface area contributed by atoms with Gasteiger partial charge in [0.15, 0.2) is 0 Å². The number of nitrogens with zero attached hydrogens (tertiary/aromatic N) is 3. The Morgan fingerprint density at radius 2 is 1.52 bits per heavy atom. The van der Waals surface area contributed by atoms with Crippen molar-refractivity contribution in [1.29, 1.82) is 0 Å². The topological polar surface area (TPSA) is 89.1 Å². The van der Waals surface area contributed by atoms with Crippen LogP contribution in [0.3, 0.4) is 0 Å². The van der Waals surface area contributed by atoms with Gasteiger partial charge in [0.2, 0.25) is 5.91 Å². The number of amides is 3. The largest absolute Gasteiger partial charge is 0.492 e. The smallest absolute Gasteiger partial charge is 0.320 e. The van der Waals surface area contributed by atoms with Crippen LogP contribution in [0, 0.1) is 40.9 Å². The van der Waals surface area contributed by atoms with Crippen LogP contribution in [0.25, 0.3) is 10.9 Å². The number of fused-ring (bicyclic) bond motifs is 1. The molecular weight excluding hydrogens is 576 g/mol. The zero-order valence-electron chi connectivity index (χ0n) is 28.4. The number of benzene rings is 1. The predicted molar refractivity (Wildman–Crippen MR) is 180 cm³/mol. The first-order valence-electron chi connectivity index (χ1n) is 18.3. The molecule has 1 unspecified atom stereocenters. The van der Waals surface area contributed by atoms with Crippen LogP contribution in [0.4, 0.5) is 4.79 Å². The first kappa shape index (κ1) is 31.8. The van der Waals surface area contributed by atoms with Crippen LogP contribution in [0.1, 0.15) is 85.0 Å². The number of H-pyrrole nitrogens is 1. The summed E-state index contributed by atoms with van der Waals surface area (Å²) < 4.78 is 6.18. The van der Waals surface area contributed by atoms with Crippen molar-refractivity contribution in [1.82, 2.24) is 19.7 Å². The maximum absolute atomic E-state index is 14.0. The Balaban J connectivity index is 0.901. The third-order valence-electron chi connectivity index (χ3n) is 12.6. The molecule has 6 aliphatic rings. The van der Waals surface area contributed by atoms with E-state index in [9.17, 15) is 14.7 Å². The van der Waals surface area contributed by atoms with Gasteiger partial charge in [-0.2, -0.15) is 0 Å². The molecule has 2 aromatic rings. The maximum atomic E-state index is 14.0. The summed E-state index contributed by atoms with van der Waals surface area (Å²) in [6, 6.07) is 7.99. The van der Waals surface area contributed by atoms with Crippen LogP contribution in [-0.2, 0) is 4.79 Å². The van der Waals surface area contributed by atoms with E-state index in [1.807, 2.05) is 40.3 Å². The highest BCUT2D eigenvalue weighted by Gasteiger charge is 2.55. The van der Waals surface area contributed by atoms with Gasteiger partial charge in [0.05, 0.1) is 18.6 Å². The van der Waals surface area contributed by atoms with Crippen LogP contribution in [-0.4, -0.2) is 88.2 Å². The lowest BCUT2D eigenvalue weighted by Gasteiger charge is -2.57. The van der Waals surface area contributed by atoms with Crippen LogP contribution in [0.5, 0.6) is 5.75 Å². The van der Waals surface area contributed by atoms with Gasteiger partial charge in [-0.1, -0.05) is 6.07 Å². The molecule has 8 rings (SSSR count). The lowest BCUT2D eigenvalue weighted by molar-refractivity contribution is -0.159. The van der Waals surface area contributed by atoms with Gasteiger partial charge in [0.1, 0.15) is 5.75 Å². The second kappa shape index (κ2) is 12.7. The number of likely N-dealkylation sites (tertiary alicyclic amines) is 2. The molecule has 3 heterocycles. The summed E-state index contributed by atoms with van der Waals surface area (Å²) in [5, 5.41) is 11.3. The summed E-state index contributed by atoms with van der Waals surface area (Å²) in [6.45, 7) is 10.4. The lowest BCUT2D eigenvalue weighted by atomic mass is 9.49. The number of carbonyl (C=O) groups is 2. The molecule has 2 N–H and O–H groups in total. The number of carbonyl (C=O) groups excluding carboxylic acids is 2. The number of aromatic nitrogens is 1. The number of aliphatic hydroxyl groups excluding tert-OH is 1. The Morgan fingerprint density at radius 3 is 2.09 bits per heavy atom. The number of hydrogen-bond acceptors (Lipinski definition) is 4. The van der Waals surface area contributed by atoms with Gasteiger partial charge in [-0.3, -0.25) is 4.79 Å². The van der Waals surface area contributed by atoms with Gasteiger partial charge >= 0.3 is 6.03 Å². The van der Waals surface area contributed by atoms with Crippen LogP contribution in [0.2, 0.25) is 0 Å². The van der Waals surface area contributed by atoms with Gasteiger partial charge < -0.3 is 29.5 Å². The maximum Gasteiger partial charge on any atom is 0.320 e. The Labute approximate surface area is 275 Å². The molecule has 0 spiro atoms. The predicted octanol–water partition coefficient (Wildman–Crippen LogP) is 6.54. The second-order valence-electron chi connectivity index (χ2n) is 16.8. The molecular formula is C38H56N4O4. The van der Waals surface area contributed by atoms with E-state index < -0.39 is 0 Å². The molecule has 1 aromatic carbocycles. The van der Waals surface area contributed by atoms with Gasteiger partial charge in [0.25, 0.3) is 0 Å². The summed E-state index contributed by atoms with van der Waals surface area (Å²) in [5.41, 5.74) is 0.617. The van der Waals surface area contributed by atoms with Crippen molar-refractivity contribution in [2.24, 2.45) is 40.9 Å². The highest BCUT2D eigenvalue weighted by molar-refractivity contribution is 5.85. The SMILES string of the molecule is CC(C)(C)N(CC(CO)COc1cccc2[nH]ccc12)C(=O)N1CCC(C2CCN(C(=O)C34CC5CC(CC(C5)C3)C4)CC2)CC1. The molecule has 4 bridgehead atoms. The average molecular weight is 633 g/mol. The minimum Gasteiger partial charge on any atom is -0.492 e. The van der Waals surface area contributed by atoms with Crippen molar-refractivity contribution in [3.63, 3.8) is 0 Å². The first-order chi connectivity index (χ1) is 22.1. The fourth-order valence-corrected chi connectivity index (χ4v) is 10.5. The molecule has 8 heteroatoms. The third kappa shape index (κ3) is 6.27. The summed E-state index contributed by atoms with van der Waals surface area (Å²) in [7, 11) is 0. The molecule has 1 aromatic heterocycles. The standard InChI is InChI=1S/C38H56N4O4/c1-37(2,3)42(23-29(24-43)25-46-34-6-4-5-33-32(34)7-12-39-33)36(45)41-15-10-31(11-16-41)30-8-13-40(14-9-30)35(44)38-20-26-17-27(21-38)19-28(18-26)22-38/h4-7,12,26-31,39,43H,8-11,13-25H2,1-3H3. The van der Waals surface area contributed by atoms with Crippen LogP contribution >= 0.6 is 0 Å². The van der Waals surface area contributed by atoms with Crippen molar-refractivity contribution in [2.45, 2.75) is 90.5 Å². The highest BCUT2D eigenvalue weighted by Crippen LogP contribution is 2.60. The normalized spacial score (nSPS) is 29.3. The summed E-state index contributed by atoms with van der Waals surface area (Å²) >= 11 is 0.